The zero-order chi connectivity index (χ0) is 20.7. The number of aliphatic carboxylic acids is 1. The molecule has 0 saturated heterocycles. The summed E-state index contributed by atoms with van der Waals surface area (Å²) < 4.78 is 6.12. The number of hydrogen-bond acceptors (Lipinski definition) is 5. The van der Waals surface area contributed by atoms with Gasteiger partial charge in [-0.25, -0.2) is 0 Å². The van der Waals surface area contributed by atoms with Gasteiger partial charge in [0.05, 0.1) is 30.4 Å². The van der Waals surface area contributed by atoms with Gasteiger partial charge in [-0.3, -0.25) is 19.2 Å². The molecule has 0 atom stereocenters. The van der Waals surface area contributed by atoms with Crippen molar-refractivity contribution in [3.8, 4) is 0 Å². The molecule has 0 unspecified atom stereocenters. The quantitative estimate of drug-likeness (QED) is 0.303. The number of methoxy groups -OCH3 is 1. The Bertz CT molecular complexity index is 785. The first-order valence-electron chi connectivity index (χ1n) is 7.36. The molecule has 12 heteroatoms. The first-order valence-corrected chi connectivity index (χ1v) is 10.6. The minimum absolute atomic E-state index is 0.0625. The van der Waals surface area contributed by atoms with Crippen LogP contribution in [0.5, 0.6) is 0 Å². The van der Waals surface area contributed by atoms with Gasteiger partial charge in [-0.15, -0.1) is 0 Å². The molecule has 9 nitrogen and oxygen atoms in total. The molecule has 0 aliphatic carbocycles. The van der Waals surface area contributed by atoms with Crippen molar-refractivity contribution in [2.45, 2.75) is 6.42 Å². The fourth-order valence-corrected chi connectivity index (χ4v) is 6.39. The van der Waals surface area contributed by atoms with Crippen LogP contribution in [0.15, 0.2) is 0 Å². The molecule has 4 N–H and O–H groups in total. The number of nitrogens with one attached hydrogen (secondary N) is 3. The summed E-state index contributed by atoms with van der Waals surface area (Å²) in [7, 11) is 2.84. The molecule has 1 aromatic carbocycles. The van der Waals surface area contributed by atoms with Crippen LogP contribution >= 0.6 is 67.8 Å². The van der Waals surface area contributed by atoms with E-state index in [0.29, 0.717) is 16.4 Å². The maximum absolute atomic E-state index is 12.6. The number of carboxylic acids is 1. The number of carbonyl (C=O) groups is 4. The number of anilines is 1. The molecule has 0 heterocycles. The molecule has 0 spiro atoms. The van der Waals surface area contributed by atoms with Gasteiger partial charge in [0.25, 0.3) is 11.8 Å². The van der Waals surface area contributed by atoms with E-state index in [-0.39, 0.29) is 30.7 Å². The number of rotatable bonds is 8. The highest BCUT2D eigenvalue weighted by molar-refractivity contribution is 14.1. The number of carboxylic acid groups (broad SMARTS) is 1. The van der Waals surface area contributed by atoms with Gasteiger partial charge in [-0.1, -0.05) is 0 Å². The van der Waals surface area contributed by atoms with Gasteiger partial charge in [0, 0.05) is 24.3 Å². The molecule has 0 aliphatic heterocycles. The van der Waals surface area contributed by atoms with Crippen molar-refractivity contribution in [2.75, 3.05) is 32.6 Å². The molecule has 148 valence electrons. The lowest BCUT2D eigenvalue weighted by atomic mass is 10.1. The molecule has 1 rings (SSSR count). The van der Waals surface area contributed by atoms with E-state index >= 15 is 0 Å². The molecular formula is C15H16I3N3O6. The Labute approximate surface area is 196 Å². The average Bonchev–Trinajstić information content (AvgIpc) is 2.58. The fourth-order valence-electron chi connectivity index (χ4n) is 1.98. The van der Waals surface area contributed by atoms with Crippen molar-refractivity contribution in [2.24, 2.45) is 0 Å². The second-order valence-electron chi connectivity index (χ2n) is 5.03. The van der Waals surface area contributed by atoms with Crippen LogP contribution in [0.2, 0.25) is 0 Å². The third kappa shape index (κ3) is 6.38. The lowest BCUT2D eigenvalue weighted by Crippen LogP contribution is -2.31. The summed E-state index contributed by atoms with van der Waals surface area (Å²) in [4.78, 5) is 47.6. The van der Waals surface area contributed by atoms with E-state index in [1.165, 1.54) is 14.2 Å². The normalized spacial score (nSPS) is 10.3. The zero-order valence-corrected chi connectivity index (χ0v) is 20.7. The first-order chi connectivity index (χ1) is 12.6. The van der Waals surface area contributed by atoms with Crippen molar-refractivity contribution in [3.05, 3.63) is 21.8 Å². The second-order valence-corrected chi connectivity index (χ2v) is 8.26. The van der Waals surface area contributed by atoms with Gasteiger partial charge < -0.3 is 25.8 Å². The molecule has 0 radical (unpaired) electrons. The third-order valence-corrected chi connectivity index (χ3v) is 6.40. The molecule has 1 aromatic rings. The number of ether oxygens (including phenoxy) is 1. The van der Waals surface area contributed by atoms with Gasteiger partial charge >= 0.3 is 5.97 Å². The van der Waals surface area contributed by atoms with Crippen LogP contribution in [0.25, 0.3) is 0 Å². The lowest BCUT2D eigenvalue weighted by Gasteiger charge is -2.19. The van der Waals surface area contributed by atoms with E-state index in [1.807, 2.05) is 67.8 Å². The monoisotopic (exact) mass is 715 g/mol. The first kappa shape index (κ1) is 24.3. The largest absolute Gasteiger partial charge is 0.481 e. The highest BCUT2D eigenvalue weighted by Crippen LogP contribution is 2.35. The van der Waals surface area contributed by atoms with Crippen LogP contribution in [0.1, 0.15) is 27.1 Å². The Morgan fingerprint density at radius 2 is 1.56 bits per heavy atom. The fraction of sp³-hybridized carbons (Fsp3) is 0.333. The van der Waals surface area contributed by atoms with Crippen LogP contribution in [-0.2, 0) is 14.3 Å². The van der Waals surface area contributed by atoms with Gasteiger partial charge in [-0.2, -0.15) is 0 Å². The van der Waals surface area contributed by atoms with Gasteiger partial charge in [0.1, 0.15) is 6.61 Å². The Morgan fingerprint density at radius 1 is 1.00 bits per heavy atom. The maximum atomic E-state index is 12.6. The smallest absolute Gasteiger partial charge is 0.305 e. The SMILES string of the molecule is CNC(=O)c1c(I)c(NC(=O)COC)c(I)c(C(=O)NCCC(=O)O)c1I. The van der Waals surface area contributed by atoms with Crippen molar-refractivity contribution in [1.82, 2.24) is 10.6 Å². The Kier molecular flexibility index (Phi) is 10.2. The summed E-state index contributed by atoms with van der Waals surface area (Å²) >= 11 is 5.74. The van der Waals surface area contributed by atoms with Crippen LogP contribution < -0.4 is 16.0 Å². The number of hydrogen-bond donors (Lipinski definition) is 4. The molecule has 3 amide bonds. The Hall–Kier alpha value is -0.750. The molecule has 27 heavy (non-hydrogen) atoms. The molecule has 0 aromatic heterocycles. The van der Waals surface area contributed by atoms with E-state index in [0.717, 1.165) is 0 Å². The summed E-state index contributed by atoms with van der Waals surface area (Å²) in [6, 6.07) is 0. The van der Waals surface area contributed by atoms with Crippen LogP contribution in [0.3, 0.4) is 0 Å². The number of benzene rings is 1. The molecule has 0 saturated carbocycles. The highest BCUT2D eigenvalue weighted by atomic mass is 127. The third-order valence-electron chi connectivity index (χ3n) is 3.16. The summed E-state index contributed by atoms with van der Waals surface area (Å²) in [5.74, 6) is -2.42. The zero-order valence-electron chi connectivity index (χ0n) is 14.2. The van der Waals surface area contributed by atoms with E-state index in [1.54, 1.807) is 0 Å². The summed E-state index contributed by atoms with van der Waals surface area (Å²) in [6.45, 7) is -0.249. The Morgan fingerprint density at radius 3 is 2.04 bits per heavy atom. The van der Waals surface area contributed by atoms with Crippen molar-refractivity contribution in [3.63, 3.8) is 0 Å². The lowest BCUT2D eigenvalue weighted by molar-refractivity contribution is -0.136. The summed E-state index contributed by atoms with van der Waals surface area (Å²) in [5, 5.41) is 16.4. The van der Waals surface area contributed by atoms with Crippen LogP contribution in [0.4, 0.5) is 5.69 Å². The molecule has 0 fully saturated rings. The number of halogens is 3. The Balaban J connectivity index is 3.47. The topological polar surface area (TPSA) is 134 Å². The molecule has 0 bridgehead atoms. The minimum atomic E-state index is -1.04. The van der Waals surface area contributed by atoms with Gasteiger partial charge in [0.15, 0.2) is 0 Å². The van der Waals surface area contributed by atoms with Gasteiger partial charge in [0.2, 0.25) is 5.91 Å². The van der Waals surface area contributed by atoms with Crippen molar-refractivity contribution >= 4 is 97.2 Å². The minimum Gasteiger partial charge on any atom is -0.481 e. The van der Waals surface area contributed by atoms with Crippen molar-refractivity contribution in [1.29, 1.82) is 0 Å². The summed E-state index contributed by atoms with van der Waals surface area (Å²) in [5.41, 5.74) is 0.754. The van der Waals surface area contributed by atoms with E-state index < -0.39 is 23.7 Å². The maximum Gasteiger partial charge on any atom is 0.305 e. The predicted octanol–water partition coefficient (Wildman–Crippen LogP) is 1.65. The summed E-state index contributed by atoms with van der Waals surface area (Å²) in [6.07, 6.45) is -0.233. The van der Waals surface area contributed by atoms with Crippen LogP contribution in [-0.4, -0.2) is 56.1 Å². The van der Waals surface area contributed by atoms with E-state index in [4.69, 9.17) is 9.84 Å². The molecular weight excluding hydrogens is 699 g/mol. The van der Waals surface area contributed by atoms with Crippen molar-refractivity contribution < 1.29 is 29.0 Å². The number of amides is 3. The molecule has 0 aliphatic rings. The average molecular weight is 715 g/mol. The second kappa shape index (κ2) is 11.3. The highest BCUT2D eigenvalue weighted by Gasteiger charge is 2.28. The van der Waals surface area contributed by atoms with E-state index in [2.05, 4.69) is 16.0 Å². The van der Waals surface area contributed by atoms with Crippen LogP contribution in [0, 0.1) is 10.7 Å². The van der Waals surface area contributed by atoms with Gasteiger partial charge in [-0.05, 0) is 67.8 Å². The predicted molar refractivity (Wildman–Crippen MR) is 123 cm³/mol. The van der Waals surface area contributed by atoms with E-state index in [9.17, 15) is 19.2 Å². The standard InChI is InChI=1S/C15H16I3N3O6/c1-19-14(25)8-10(16)9(15(26)20-4-3-7(23)24)12(18)13(11(8)17)21-6(22)5-27-2/h3-5H2,1-2H3,(H,19,25)(H,20,26)(H,21,22)(H,23,24). The number of carbonyl (C=O) groups excluding carboxylic acids is 3.